The molecule has 2 rings (SSSR count). The van der Waals surface area contributed by atoms with Gasteiger partial charge in [-0.3, -0.25) is 0 Å². The minimum Gasteiger partial charge on any atom is -0.487 e. The third-order valence-corrected chi connectivity index (χ3v) is 3.04. The Labute approximate surface area is 118 Å². The minimum atomic E-state index is -0.558. The standard InChI is InChI=1S/C14H9FINO/c15-13-5-2-6-14(12(13)8-17)18-9-10-3-1-4-11(16)7-10/h1-7H,9H2. The van der Waals surface area contributed by atoms with Crippen molar-refractivity contribution >= 4 is 22.6 Å². The summed E-state index contributed by atoms with van der Waals surface area (Å²) in [4.78, 5) is 0. The molecule has 0 spiro atoms. The molecule has 0 bridgehead atoms. The van der Waals surface area contributed by atoms with Gasteiger partial charge in [-0.05, 0) is 52.4 Å². The highest BCUT2D eigenvalue weighted by atomic mass is 127. The average molecular weight is 353 g/mol. The third-order valence-electron chi connectivity index (χ3n) is 2.37. The van der Waals surface area contributed by atoms with Crippen molar-refractivity contribution < 1.29 is 9.13 Å². The van der Waals surface area contributed by atoms with Gasteiger partial charge in [-0.15, -0.1) is 0 Å². The van der Waals surface area contributed by atoms with Gasteiger partial charge in [0.1, 0.15) is 29.8 Å². The summed E-state index contributed by atoms with van der Waals surface area (Å²) in [5.41, 5.74) is 0.929. The Hall–Kier alpha value is -1.61. The van der Waals surface area contributed by atoms with Gasteiger partial charge in [-0.2, -0.15) is 5.26 Å². The first-order valence-electron chi connectivity index (χ1n) is 5.26. The highest BCUT2D eigenvalue weighted by molar-refractivity contribution is 14.1. The molecule has 4 heteroatoms. The van der Waals surface area contributed by atoms with Gasteiger partial charge in [0.15, 0.2) is 0 Å². The summed E-state index contributed by atoms with van der Waals surface area (Å²) in [5.74, 6) is -0.283. The van der Waals surface area contributed by atoms with Crippen LogP contribution in [0.1, 0.15) is 11.1 Å². The fourth-order valence-electron chi connectivity index (χ4n) is 1.52. The monoisotopic (exact) mass is 353 g/mol. The van der Waals surface area contributed by atoms with E-state index < -0.39 is 5.82 Å². The van der Waals surface area contributed by atoms with Crippen LogP contribution in [-0.4, -0.2) is 0 Å². The maximum atomic E-state index is 13.3. The molecule has 0 saturated carbocycles. The maximum absolute atomic E-state index is 13.3. The molecule has 0 aliphatic carbocycles. The lowest BCUT2D eigenvalue weighted by Crippen LogP contribution is -1.98. The predicted octanol–water partition coefficient (Wildman–Crippen LogP) is 3.88. The lowest BCUT2D eigenvalue weighted by Gasteiger charge is -2.08. The van der Waals surface area contributed by atoms with Gasteiger partial charge < -0.3 is 4.74 Å². The van der Waals surface area contributed by atoms with Crippen LogP contribution in [-0.2, 0) is 6.61 Å². The van der Waals surface area contributed by atoms with Crippen LogP contribution in [0.5, 0.6) is 5.75 Å². The lowest BCUT2D eigenvalue weighted by atomic mass is 10.2. The van der Waals surface area contributed by atoms with Crippen LogP contribution in [0, 0.1) is 20.7 Å². The summed E-state index contributed by atoms with van der Waals surface area (Å²) in [6, 6.07) is 14.0. The van der Waals surface area contributed by atoms with Crippen LogP contribution in [0.15, 0.2) is 42.5 Å². The van der Waals surface area contributed by atoms with Crippen molar-refractivity contribution in [3.05, 3.63) is 63.0 Å². The number of ether oxygens (including phenoxy) is 1. The van der Waals surface area contributed by atoms with Crippen molar-refractivity contribution in [1.29, 1.82) is 5.26 Å². The van der Waals surface area contributed by atoms with Crippen LogP contribution in [0.25, 0.3) is 0 Å². The fourth-order valence-corrected chi connectivity index (χ4v) is 2.13. The first-order chi connectivity index (χ1) is 8.70. The van der Waals surface area contributed by atoms with Crippen LogP contribution < -0.4 is 4.74 Å². The van der Waals surface area contributed by atoms with Gasteiger partial charge in [0, 0.05) is 3.57 Å². The summed E-state index contributed by atoms with van der Waals surface area (Å²) in [5, 5.41) is 8.87. The van der Waals surface area contributed by atoms with Gasteiger partial charge in [-0.1, -0.05) is 18.2 Å². The summed E-state index contributed by atoms with van der Waals surface area (Å²) in [6.45, 7) is 0.314. The molecule has 0 unspecified atom stereocenters. The van der Waals surface area contributed by atoms with E-state index in [-0.39, 0.29) is 11.3 Å². The summed E-state index contributed by atoms with van der Waals surface area (Å²) in [6.07, 6.45) is 0. The number of nitrogens with zero attached hydrogens (tertiary/aromatic N) is 1. The first-order valence-corrected chi connectivity index (χ1v) is 6.34. The third kappa shape index (κ3) is 2.99. The molecule has 0 saturated heterocycles. The Morgan fingerprint density at radius 2 is 2.00 bits per heavy atom. The molecule has 0 N–H and O–H groups in total. The van der Waals surface area contributed by atoms with Gasteiger partial charge in [0.2, 0.25) is 0 Å². The second-order valence-corrected chi connectivity index (χ2v) is 4.89. The topological polar surface area (TPSA) is 33.0 Å². The van der Waals surface area contributed by atoms with Gasteiger partial charge in [0.05, 0.1) is 0 Å². The number of halogens is 2. The fraction of sp³-hybridized carbons (Fsp3) is 0.0714. The number of rotatable bonds is 3. The van der Waals surface area contributed by atoms with Crippen LogP contribution in [0.3, 0.4) is 0 Å². The Balaban J connectivity index is 2.16. The second-order valence-electron chi connectivity index (χ2n) is 3.64. The molecular weight excluding hydrogens is 344 g/mol. The maximum Gasteiger partial charge on any atom is 0.144 e. The average Bonchev–Trinajstić information content (AvgIpc) is 2.36. The van der Waals surface area contributed by atoms with E-state index in [2.05, 4.69) is 22.6 Å². The zero-order valence-electron chi connectivity index (χ0n) is 9.36. The van der Waals surface area contributed by atoms with E-state index >= 15 is 0 Å². The molecular formula is C14H9FINO. The van der Waals surface area contributed by atoms with E-state index in [4.69, 9.17) is 10.00 Å². The molecule has 0 aromatic heterocycles. The molecule has 2 nitrogen and oxygen atoms in total. The minimum absolute atomic E-state index is 0.0527. The van der Waals surface area contributed by atoms with Crippen molar-refractivity contribution in [1.82, 2.24) is 0 Å². The molecule has 0 amide bonds. The van der Waals surface area contributed by atoms with Crippen molar-refractivity contribution in [3.63, 3.8) is 0 Å². The highest BCUT2D eigenvalue weighted by Gasteiger charge is 2.08. The first kappa shape index (κ1) is 12.8. The normalized spacial score (nSPS) is 9.83. The lowest BCUT2D eigenvalue weighted by molar-refractivity contribution is 0.303. The summed E-state index contributed by atoms with van der Waals surface area (Å²) < 4.78 is 19.9. The number of hydrogen-bond acceptors (Lipinski definition) is 2. The number of nitriles is 1. The van der Waals surface area contributed by atoms with E-state index in [1.54, 1.807) is 6.07 Å². The number of hydrogen-bond donors (Lipinski definition) is 0. The van der Waals surface area contributed by atoms with E-state index in [1.165, 1.54) is 12.1 Å². The largest absolute Gasteiger partial charge is 0.487 e. The zero-order chi connectivity index (χ0) is 13.0. The van der Waals surface area contributed by atoms with Gasteiger partial charge in [-0.25, -0.2) is 4.39 Å². The molecule has 18 heavy (non-hydrogen) atoms. The molecule has 2 aromatic rings. The van der Waals surface area contributed by atoms with Crippen LogP contribution >= 0.6 is 22.6 Å². The predicted molar refractivity (Wildman–Crippen MR) is 74.6 cm³/mol. The molecule has 0 aliphatic rings. The molecule has 0 radical (unpaired) electrons. The van der Waals surface area contributed by atoms with Crippen molar-refractivity contribution in [2.45, 2.75) is 6.61 Å². The Morgan fingerprint density at radius 1 is 1.22 bits per heavy atom. The van der Waals surface area contributed by atoms with Gasteiger partial charge >= 0.3 is 0 Å². The molecule has 90 valence electrons. The Bertz CT molecular complexity index is 607. The molecule has 0 heterocycles. The second kappa shape index (κ2) is 5.83. The van der Waals surface area contributed by atoms with E-state index in [0.29, 0.717) is 6.61 Å². The highest BCUT2D eigenvalue weighted by Crippen LogP contribution is 2.21. The van der Waals surface area contributed by atoms with Crippen molar-refractivity contribution in [3.8, 4) is 11.8 Å². The summed E-state index contributed by atoms with van der Waals surface area (Å²) >= 11 is 2.21. The van der Waals surface area contributed by atoms with Crippen LogP contribution in [0.4, 0.5) is 4.39 Å². The molecule has 0 fully saturated rings. The Kier molecular flexibility index (Phi) is 4.15. The quantitative estimate of drug-likeness (QED) is 0.785. The van der Waals surface area contributed by atoms with Crippen LogP contribution in [0.2, 0.25) is 0 Å². The smallest absolute Gasteiger partial charge is 0.144 e. The van der Waals surface area contributed by atoms with E-state index in [0.717, 1.165) is 9.13 Å². The molecule has 0 aliphatic heterocycles. The Morgan fingerprint density at radius 3 is 2.72 bits per heavy atom. The zero-order valence-corrected chi connectivity index (χ0v) is 11.5. The summed E-state index contributed by atoms with van der Waals surface area (Å²) in [7, 11) is 0. The molecule has 0 atom stereocenters. The molecule has 2 aromatic carbocycles. The van der Waals surface area contributed by atoms with Gasteiger partial charge in [0.25, 0.3) is 0 Å². The SMILES string of the molecule is N#Cc1c(F)cccc1OCc1cccc(I)c1. The number of benzene rings is 2. The van der Waals surface area contributed by atoms with E-state index in [9.17, 15) is 4.39 Å². The van der Waals surface area contributed by atoms with Crippen molar-refractivity contribution in [2.24, 2.45) is 0 Å². The van der Waals surface area contributed by atoms with Crippen molar-refractivity contribution in [2.75, 3.05) is 0 Å². The van der Waals surface area contributed by atoms with E-state index in [1.807, 2.05) is 30.3 Å².